The van der Waals surface area contributed by atoms with Gasteiger partial charge in [0.25, 0.3) is 0 Å². The van der Waals surface area contributed by atoms with E-state index in [1.54, 1.807) is 0 Å². The number of fused-ring (bicyclic) bond motifs is 1. The van der Waals surface area contributed by atoms with Gasteiger partial charge in [-0.3, -0.25) is 9.59 Å². The molecule has 0 aliphatic rings. The predicted molar refractivity (Wildman–Crippen MR) is 99.5 cm³/mol. The Morgan fingerprint density at radius 3 is 2.52 bits per heavy atom. The SMILES string of the molecule is O=C(CCl)NC(C(=O)NCc1ccccc1)c1nc2ccccc2s1. The molecule has 3 rings (SSSR count). The highest BCUT2D eigenvalue weighted by Gasteiger charge is 2.25. The normalized spacial score (nSPS) is 11.9. The summed E-state index contributed by atoms with van der Waals surface area (Å²) in [6.45, 7) is 0.373. The van der Waals surface area contributed by atoms with Crippen molar-refractivity contribution in [2.75, 3.05) is 5.88 Å². The van der Waals surface area contributed by atoms with Crippen LogP contribution in [0, 0.1) is 0 Å². The summed E-state index contributed by atoms with van der Waals surface area (Å²) in [6, 6.07) is 16.3. The molecule has 2 N–H and O–H groups in total. The van der Waals surface area contributed by atoms with Crippen LogP contribution in [0.25, 0.3) is 10.2 Å². The second-order valence-electron chi connectivity index (χ2n) is 5.36. The molecular weight excluding hydrogens is 358 g/mol. The van der Waals surface area contributed by atoms with Crippen LogP contribution < -0.4 is 10.6 Å². The van der Waals surface area contributed by atoms with E-state index in [1.807, 2.05) is 54.6 Å². The molecule has 1 atom stereocenters. The fourth-order valence-corrected chi connectivity index (χ4v) is 3.43. The zero-order chi connectivity index (χ0) is 17.6. The molecule has 0 spiro atoms. The number of nitrogens with one attached hydrogen (secondary N) is 2. The molecule has 3 aromatic rings. The number of alkyl halides is 1. The van der Waals surface area contributed by atoms with E-state index in [4.69, 9.17) is 11.6 Å². The summed E-state index contributed by atoms with van der Waals surface area (Å²) in [6.07, 6.45) is 0. The molecule has 2 aromatic carbocycles. The third-order valence-electron chi connectivity index (χ3n) is 3.56. The van der Waals surface area contributed by atoms with Crippen LogP contribution in [0.15, 0.2) is 54.6 Å². The molecule has 0 aliphatic carbocycles. The number of aromatic nitrogens is 1. The molecule has 0 saturated heterocycles. The molecule has 1 aromatic heterocycles. The minimum atomic E-state index is -0.868. The number of carbonyl (C=O) groups excluding carboxylic acids is 2. The molecular formula is C18H16ClN3O2S. The van der Waals surface area contributed by atoms with Crippen LogP contribution in [-0.4, -0.2) is 22.7 Å². The molecule has 0 saturated carbocycles. The maximum atomic E-state index is 12.6. The van der Waals surface area contributed by atoms with Gasteiger partial charge in [-0.05, 0) is 17.7 Å². The van der Waals surface area contributed by atoms with E-state index >= 15 is 0 Å². The van der Waals surface area contributed by atoms with Crippen molar-refractivity contribution in [3.63, 3.8) is 0 Å². The highest BCUT2D eigenvalue weighted by Crippen LogP contribution is 2.26. The second kappa shape index (κ2) is 8.09. The number of hydrogen-bond donors (Lipinski definition) is 2. The summed E-state index contributed by atoms with van der Waals surface area (Å²) in [5.74, 6) is -0.949. The lowest BCUT2D eigenvalue weighted by Gasteiger charge is -2.16. The number of nitrogens with zero attached hydrogens (tertiary/aromatic N) is 1. The summed E-state index contributed by atoms with van der Waals surface area (Å²) >= 11 is 6.96. The summed E-state index contributed by atoms with van der Waals surface area (Å²) in [4.78, 5) is 28.9. The fraction of sp³-hybridized carbons (Fsp3) is 0.167. The van der Waals surface area contributed by atoms with Gasteiger partial charge in [-0.1, -0.05) is 42.5 Å². The van der Waals surface area contributed by atoms with Crippen LogP contribution in [0.2, 0.25) is 0 Å². The third-order valence-corrected chi connectivity index (χ3v) is 4.90. The van der Waals surface area contributed by atoms with Crippen LogP contribution >= 0.6 is 22.9 Å². The van der Waals surface area contributed by atoms with Gasteiger partial charge in [-0.2, -0.15) is 0 Å². The number of amides is 2. The highest BCUT2D eigenvalue weighted by atomic mass is 35.5. The van der Waals surface area contributed by atoms with Crippen molar-refractivity contribution < 1.29 is 9.59 Å². The zero-order valence-corrected chi connectivity index (χ0v) is 14.8. The van der Waals surface area contributed by atoms with Gasteiger partial charge < -0.3 is 10.6 Å². The Kier molecular flexibility index (Phi) is 5.63. The molecule has 2 amide bonds. The lowest BCUT2D eigenvalue weighted by molar-refractivity contribution is -0.128. The number of carbonyl (C=O) groups is 2. The highest BCUT2D eigenvalue weighted by molar-refractivity contribution is 7.18. The van der Waals surface area contributed by atoms with Crippen molar-refractivity contribution in [2.24, 2.45) is 0 Å². The fourth-order valence-electron chi connectivity index (χ4n) is 2.34. The predicted octanol–water partition coefficient (Wildman–Crippen LogP) is 3.01. The van der Waals surface area contributed by atoms with Crippen molar-refractivity contribution in [1.29, 1.82) is 0 Å². The summed E-state index contributed by atoms with van der Waals surface area (Å²) in [5, 5.41) is 6.02. The smallest absolute Gasteiger partial charge is 0.250 e. The number of benzene rings is 2. The van der Waals surface area contributed by atoms with E-state index in [-0.39, 0.29) is 11.8 Å². The molecule has 1 heterocycles. The minimum absolute atomic E-state index is 0.215. The molecule has 0 bridgehead atoms. The lowest BCUT2D eigenvalue weighted by Crippen LogP contribution is -2.40. The van der Waals surface area contributed by atoms with E-state index in [9.17, 15) is 9.59 Å². The Morgan fingerprint density at radius 2 is 1.80 bits per heavy atom. The number of rotatable bonds is 6. The van der Waals surface area contributed by atoms with Crippen LogP contribution in [0.3, 0.4) is 0 Å². The Morgan fingerprint density at radius 1 is 1.08 bits per heavy atom. The van der Waals surface area contributed by atoms with Gasteiger partial charge in [-0.15, -0.1) is 22.9 Å². The Hall–Kier alpha value is -2.44. The van der Waals surface area contributed by atoms with Gasteiger partial charge in [0, 0.05) is 6.54 Å². The van der Waals surface area contributed by atoms with E-state index in [2.05, 4.69) is 15.6 Å². The first-order chi connectivity index (χ1) is 12.2. The lowest BCUT2D eigenvalue weighted by atomic mass is 10.2. The Bertz CT molecular complexity index is 849. The van der Waals surface area contributed by atoms with Crippen LogP contribution in [0.1, 0.15) is 16.6 Å². The van der Waals surface area contributed by atoms with E-state index in [0.717, 1.165) is 15.8 Å². The topological polar surface area (TPSA) is 71.1 Å². The maximum Gasteiger partial charge on any atom is 0.250 e. The van der Waals surface area contributed by atoms with Crippen molar-refractivity contribution in [1.82, 2.24) is 15.6 Å². The molecule has 25 heavy (non-hydrogen) atoms. The van der Waals surface area contributed by atoms with Gasteiger partial charge in [0.2, 0.25) is 11.8 Å². The average Bonchev–Trinajstić information content (AvgIpc) is 3.08. The van der Waals surface area contributed by atoms with Gasteiger partial charge in [0.1, 0.15) is 10.9 Å². The summed E-state index contributed by atoms with van der Waals surface area (Å²) in [7, 11) is 0. The van der Waals surface area contributed by atoms with Crippen molar-refractivity contribution in [3.05, 3.63) is 65.2 Å². The molecule has 0 fully saturated rings. The number of thiazole rings is 1. The number of hydrogen-bond acceptors (Lipinski definition) is 4. The molecule has 0 radical (unpaired) electrons. The Balaban J connectivity index is 1.80. The molecule has 1 unspecified atom stereocenters. The molecule has 0 aliphatic heterocycles. The van der Waals surface area contributed by atoms with Crippen LogP contribution in [0.4, 0.5) is 0 Å². The summed E-state index contributed by atoms with van der Waals surface area (Å²) in [5.41, 5.74) is 1.77. The monoisotopic (exact) mass is 373 g/mol. The second-order valence-corrected chi connectivity index (χ2v) is 6.69. The van der Waals surface area contributed by atoms with Crippen LogP contribution in [0.5, 0.6) is 0 Å². The average molecular weight is 374 g/mol. The van der Waals surface area contributed by atoms with E-state index in [1.165, 1.54) is 11.3 Å². The number of halogens is 1. The first-order valence-corrected chi connectivity index (χ1v) is 9.05. The summed E-state index contributed by atoms with van der Waals surface area (Å²) < 4.78 is 0.957. The van der Waals surface area contributed by atoms with Crippen molar-refractivity contribution in [3.8, 4) is 0 Å². The largest absolute Gasteiger partial charge is 0.350 e. The van der Waals surface area contributed by atoms with E-state index in [0.29, 0.717) is 11.6 Å². The number of para-hydroxylation sites is 1. The minimum Gasteiger partial charge on any atom is -0.350 e. The maximum absolute atomic E-state index is 12.6. The van der Waals surface area contributed by atoms with Crippen LogP contribution in [-0.2, 0) is 16.1 Å². The van der Waals surface area contributed by atoms with Gasteiger partial charge in [0.15, 0.2) is 6.04 Å². The van der Waals surface area contributed by atoms with Gasteiger partial charge in [0.05, 0.1) is 10.2 Å². The molecule has 128 valence electrons. The molecule has 7 heteroatoms. The standard InChI is InChI=1S/C18H16ClN3O2S/c19-10-15(23)22-16(17(24)20-11-12-6-2-1-3-7-12)18-21-13-8-4-5-9-14(13)25-18/h1-9,16H,10-11H2,(H,20,24)(H,22,23). The van der Waals surface area contributed by atoms with Crippen molar-refractivity contribution >= 4 is 45.0 Å². The first-order valence-electron chi connectivity index (χ1n) is 7.70. The quantitative estimate of drug-likeness (QED) is 0.652. The van der Waals surface area contributed by atoms with Crippen molar-refractivity contribution in [2.45, 2.75) is 12.6 Å². The van der Waals surface area contributed by atoms with E-state index < -0.39 is 11.9 Å². The first kappa shape index (κ1) is 17.4. The third kappa shape index (κ3) is 4.35. The van der Waals surface area contributed by atoms with Gasteiger partial charge >= 0.3 is 0 Å². The van der Waals surface area contributed by atoms with Gasteiger partial charge in [-0.25, -0.2) is 4.98 Å². The Labute approximate surface area is 154 Å². The zero-order valence-electron chi connectivity index (χ0n) is 13.2. The molecule has 5 nitrogen and oxygen atoms in total.